The maximum Gasteiger partial charge on any atom is 0.519 e. The van der Waals surface area contributed by atoms with Crippen LogP contribution in [0.4, 0.5) is 26.3 Å². The first kappa shape index (κ1) is 22.3. The Balaban J connectivity index is 3.99. The summed E-state index contributed by atoms with van der Waals surface area (Å²) in [6, 6.07) is 3.20. The summed E-state index contributed by atoms with van der Waals surface area (Å²) < 4.78 is 123. The van der Waals surface area contributed by atoms with Crippen molar-refractivity contribution in [1.82, 2.24) is 0 Å². The van der Waals surface area contributed by atoms with Crippen molar-refractivity contribution >= 4 is 51.2 Å². The Morgan fingerprint density at radius 2 is 1.08 bits per heavy atom. The van der Waals surface area contributed by atoms with Crippen LogP contribution in [0, 0.1) is 0 Å². The van der Waals surface area contributed by atoms with Gasteiger partial charge in [0.05, 0.1) is 8.83 Å². The number of hydrogen-bond donors (Lipinski definition) is 0. The lowest BCUT2D eigenvalue weighted by molar-refractivity contribution is -0.0439. The fraction of sp³-hybridized carbons (Fsp3) is 0.250. The minimum absolute atomic E-state index is 0.0560. The second kappa shape index (κ2) is 6.75. The molecule has 0 bridgehead atoms. The summed E-state index contributed by atoms with van der Waals surface area (Å²) in [5, 5.41) is -0.0560. The first-order chi connectivity index (χ1) is 10.9. The molecule has 0 aromatic heterocycles. The lowest BCUT2D eigenvalue weighted by atomic mass is 10.4. The van der Waals surface area contributed by atoms with Gasteiger partial charge in [-0.25, -0.2) is 0 Å². The van der Waals surface area contributed by atoms with Crippen LogP contribution in [0.3, 0.4) is 0 Å². The van der Waals surface area contributed by atoms with Crippen molar-refractivity contribution in [3.63, 3.8) is 0 Å². The molecular weight excluding hydrogens is 469 g/mol. The van der Waals surface area contributed by atoms with Crippen LogP contribution < -0.4 is 0 Å². The number of halogens is 8. The van der Waals surface area contributed by atoms with Crippen LogP contribution >= 0.6 is 22.3 Å². The highest BCUT2D eigenvalue weighted by molar-refractivity contribution is 8.23. The van der Waals surface area contributed by atoms with Gasteiger partial charge in [0, 0.05) is 9.92 Å². The van der Waals surface area contributed by atoms with Crippen LogP contribution in [0.15, 0.2) is 36.7 Å². The molecule has 0 fully saturated rings. The average Bonchev–Trinajstić information content (AvgIpc) is 2.34. The monoisotopic (exact) mass is 472 g/mol. The van der Waals surface area contributed by atoms with Crippen LogP contribution in [-0.2, 0) is 28.9 Å². The molecule has 0 N–H and O–H groups in total. The molecule has 0 aliphatic rings. The standard InChI is InChI=1S/C8H4Cl2F6N2O4S3/c9-5-1-3-6(4-2-5)23(10,17-24(19,20)7(11,12)13)18-25(21,22)8(14,15)16/h1-4H. The summed E-state index contributed by atoms with van der Waals surface area (Å²) >= 11 is 5.48. The molecule has 0 radical (unpaired) electrons. The molecule has 1 aromatic carbocycles. The Hall–Kier alpha value is -0.770. The van der Waals surface area contributed by atoms with E-state index in [1.807, 2.05) is 0 Å². The number of alkyl halides is 6. The zero-order valence-electron chi connectivity index (χ0n) is 11.1. The molecule has 0 aliphatic carbocycles. The van der Waals surface area contributed by atoms with Gasteiger partial charge in [0.15, 0.2) is 0 Å². The lowest BCUT2D eigenvalue weighted by Gasteiger charge is -2.11. The first-order valence-electron chi connectivity index (χ1n) is 5.31. The van der Waals surface area contributed by atoms with Gasteiger partial charge in [-0.1, -0.05) is 11.6 Å². The minimum Gasteiger partial charge on any atom is -0.194 e. The molecule has 0 heterocycles. The molecular formula is C8H4Cl2F6N2O4S3. The Kier molecular flexibility index (Phi) is 6.02. The molecule has 25 heavy (non-hydrogen) atoms. The number of hydrogen-bond acceptors (Lipinski definition) is 4. The number of rotatable bonds is 3. The van der Waals surface area contributed by atoms with E-state index < -0.39 is 44.8 Å². The van der Waals surface area contributed by atoms with Gasteiger partial charge in [0.1, 0.15) is 0 Å². The van der Waals surface area contributed by atoms with Gasteiger partial charge < -0.3 is 0 Å². The van der Waals surface area contributed by atoms with E-state index in [1.165, 1.54) is 0 Å². The van der Waals surface area contributed by atoms with Crippen molar-refractivity contribution in [2.24, 2.45) is 7.54 Å². The third-order valence-corrected chi connectivity index (χ3v) is 9.09. The van der Waals surface area contributed by atoms with Crippen LogP contribution in [0.5, 0.6) is 0 Å². The van der Waals surface area contributed by atoms with Crippen LogP contribution in [-0.4, -0.2) is 27.9 Å². The topological polar surface area (TPSA) is 93.0 Å². The molecule has 0 saturated carbocycles. The predicted octanol–water partition coefficient (Wildman–Crippen LogP) is 4.07. The van der Waals surface area contributed by atoms with Gasteiger partial charge in [0.2, 0.25) is 0 Å². The molecule has 1 rings (SSSR count). The largest absolute Gasteiger partial charge is 0.519 e. The smallest absolute Gasteiger partial charge is 0.194 e. The number of nitrogens with zero attached hydrogens (tertiary/aromatic N) is 2. The summed E-state index contributed by atoms with van der Waals surface area (Å²) in [6.45, 7) is 0. The van der Waals surface area contributed by atoms with Crippen LogP contribution in [0.1, 0.15) is 0 Å². The van der Waals surface area contributed by atoms with E-state index in [4.69, 9.17) is 22.3 Å². The van der Waals surface area contributed by atoms with E-state index in [0.717, 1.165) is 12.1 Å². The molecule has 0 saturated heterocycles. The van der Waals surface area contributed by atoms with Crippen LogP contribution in [0.25, 0.3) is 0 Å². The maximum absolute atomic E-state index is 12.4. The SMILES string of the molecule is O=S(=O)(N=S(Cl)(=NS(=O)(=O)C(F)(F)F)c1ccc(Cl)cc1)C(F)(F)F. The lowest BCUT2D eigenvalue weighted by Crippen LogP contribution is -2.24. The third-order valence-electron chi connectivity index (χ3n) is 2.09. The average molecular weight is 473 g/mol. The maximum atomic E-state index is 12.4. The fourth-order valence-corrected chi connectivity index (χ4v) is 7.10. The van der Waals surface area contributed by atoms with E-state index in [2.05, 4.69) is 7.54 Å². The van der Waals surface area contributed by atoms with Crippen molar-refractivity contribution in [3.8, 4) is 0 Å². The van der Waals surface area contributed by atoms with Gasteiger partial charge >= 0.3 is 31.1 Å². The molecule has 6 nitrogen and oxygen atoms in total. The highest BCUT2D eigenvalue weighted by Crippen LogP contribution is 2.34. The molecule has 144 valence electrons. The molecule has 17 heteroatoms. The highest BCUT2D eigenvalue weighted by atomic mass is 35.7. The van der Waals surface area contributed by atoms with E-state index in [1.54, 1.807) is 0 Å². The van der Waals surface area contributed by atoms with Crippen molar-refractivity contribution in [2.75, 3.05) is 0 Å². The Labute approximate surface area is 147 Å². The summed E-state index contributed by atoms with van der Waals surface area (Å²) in [5.41, 5.74) is -12.1. The quantitative estimate of drug-likeness (QED) is 0.619. The van der Waals surface area contributed by atoms with Crippen molar-refractivity contribution in [2.45, 2.75) is 15.9 Å². The van der Waals surface area contributed by atoms with Crippen molar-refractivity contribution in [3.05, 3.63) is 29.3 Å². The van der Waals surface area contributed by atoms with Gasteiger partial charge in [-0.15, -0.1) is 7.54 Å². The van der Waals surface area contributed by atoms with Crippen molar-refractivity contribution < 1.29 is 43.2 Å². The third kappa shape index (κ3) is 5.12. The minimum atomic E-state index is -6.46. The Morgan fingerprint density at radius 3 is 1.36 bits per heavy atom. The first-order valence-corrected chi connectivity index (χ1v) is 10.9. The predicted molar refractivity (Wildman–Crippen MR) is 77.7 cm³/mol. The summed E-state index contributed by atoms with van der Waals surface area (Å²) in [7, 11) is -12.3. The van der Waals surface area contributed by atoms with E-state index in [9.17, 15) is 43.2 Å². The van der Waals surface area contributed by atoms with Gasteiger partial charge in [-0.05, 0) is 34.9 Å². The Bertz CT molecular complexity index is 934. The second-order valence-corrected chi connectivity index (χ2v) is 11.1. The number of sulfonamides is 2. The molecule has 0 spiro atoms. The summed E-state index contributed by atoms with van der Waals surface area (Å²) in [4.78, 5) is -0.834. The molecule has 0 amide bonds. The van der Waals surface area contributed by atoms with Crippen LogP contribution in [0.2, 0.25) is 5.02 Å². The van der Waals surface area contributed by atoms with Gasteiger partial charge in [0.25, 0.3) is 0 Å². The molecule has 0 aliphatic heterocycles. The molecule has 0 atom stereocenters. The Morgan fingerprint density at radius 1 is 0.760 bits per heavy atom. The van der Waals surface area contributed by atoms with Gasteiger partial charge in [-0.2, -0.15) is 43.2 Å². The fourth-order valence-electron chi connectivity index (χ4n) is 1.05. The molecule has 1 aromatic rings. The highest BCUT2D eigenvalue weighted by Gasteiger charge is 2.49. The molecule has 0 unspecified atom stereocenters. The van der Waals surface area contributed by atoms with Crippen molar-refractivity contribution in [1.29, 1.82) is 0 Å². The summed E-state index contributed by atoms with van der Waals surface area (Å²) in [5.74, 6) is 0. The summed E-state index contributed by atoms with van der Waals surface area (Å²) in [6.07, 6.45) is 0. The van der Waals surface area contributed by atoms with E-state index >= 15 is 0 Å². The van der Waals surface area contributed by atoms with E-state index in [-0.39, 0.29) is 5.02 Å². The zero-order chi connectivity index (χ0) is 19.9. The second-order valence-electron chi connectivity index (χ2n) is 3.92. The van der Waals surface area contributed by atoms with E-state index in [0.29, 0.717) is 12.1 Å². The zero-order valence-corrected chi connectivity index (χ0v) is 15.0. The number of benzene rings is 1. The van der Waals surface area contributed by atoms with Gasteiger partial charge in [-0.3, -0.25) is 0 Å². The normalized spacial score (nSPS) is 14.2.